The van der Waals surface area contributed by atoms with Gasteiger partial charge in [0.25, 0.3) is 5.91 Å². The molecule has 2 aromatic carbocycles. The quantitative estimate of drug-likeness (QED) is 0.497. The van der Waals surface area contributed by atoms with Crippen LogP contribution in [0.3, 0.4) is 0 Å². The summed E-state index contributed by atoms with van der Waals surface area (Å²) >= 11 is 6.12. The number of carbonyl (C=O) groups excluding carboxylic acids is 1. The summed E-state index contributed by atoms with van der Waals surface area (Å²) in [7, 11) is 0. The van der Waals surface area contributed by atoms with Gasteiger partial charge >= 0.3 is 0 Å². The van der Waals surface area contributed by atoms with Crippen molar-refractivity contribution < 1.29 is 18.1 Å². The lowest BCUT2D eigenvalue weighted by atomic mass is 10.0. The van der Waals surface area contributed by atoms with Gasteiger partial charge in [-0.25, -0.2) is 9.37 Å². The molecule has 0 fully saturated rings. The van der Waals surface area contributed by atoms with Crippen molar-refractivity contribution in [3.8, 4) is 11.3 Å². The van der Waals surface area contributed by atoms with Gasteiger partial charge in [0, 0.05) is 12.1 Å². The van der Waals surface area contributed by atoms with Gasteiger partial charge in [-0.2, -0.15) is 0 Å². The number of hydrogen-bond donors (Lipinski definition) is 1. The minimum Gasteiger partial charge on any atom is -0.441 e. The van der Waals surface area contributed by atoms with E-state index in [1.54, 1.807) is 25.1 Å². The number of anilines is 1. The molecule has 0 bridgehead atoms. The molecule has 0 aliphatic rings. The number of nitrogens with one attached hydrogen (secondary N) is 1. The Bertz CT molecular complexity index is 1180. The number of fused-ring (bicyclic) bond motifs is 1. The zero-order valence-corrected chi connectivity index (χ0v) is 15.8. The SMILES string of the molecule is CCc1nc2cc(NC(=O)c3c(-c4c(F)cccc4Cl)noc3C)ccc2o1. The predicted octanol–water partition coefficient (Wildman–Crippen LogP) is 5.40. The van der Waals surface area contributed by atoms with Crippen molar-refractivity contribution in [3.05, 3.63) is 64.5 Å². The van der Waals surface area contributed by atoms with E-state index in [2.05, 4.69) is 15.5 Å². The topological polar surface area (TPSA) is 81.2 Å². The van der Waals surface area contributed by atoms with Crippen molar-refractivity contribution in [1.29, 1.82) is 0 Å². The fourth-order valence-electron chi connectivity index (χ4n) is 2.93. The Hall–Kier alpha value is -3.19. The van der Waals surface area contributed by atoms with Crippen LogP contribution in [0.2, 0.25) is 5.02 Å². The van der Waals surface area contributed by atoms with Crippen LogP contribution in [-0.2, 0) is 6.42 Å². The highest BCUT2D eigenvalue weighted by atomic mass is 35.5. The van der Waals surface area contributed by atoms with Gasteiger partial charge in [0.05, 0.1) is 10.6 Å². The second-order valence-electron chi connectivity index (χ2n) is 6.16. The van der Waals surface area contributed by atoms with Crippen LogP contribution >= 0.6 is 11.6 Å². The van der Waals surface area contributed by atoms with Gasteiger partial charge in [-0.15, -0.1) is 0 Å². The van der Waals surface area contributed by atoms with Gasteiger partial charge in [-0.1, -0.05) is 29.7 Å². The van der Waals surface area contributed by atoms with Crippen molar-refractivity contribution in [3.63, 3.8) is 0 Å². The number of carbonyl (C=O) groups is 1. The zero-order chi connectivity index (χ0) is 19.8. The normalized spacial score (nSPS) is 11.1. The number of benzene rings is 2. The Morgan fingerprint density at radius 2 is 2.11 bits per heavy atom. The summed E-state index contributed by atoms with van der Waals surface area (Å²) in [5, 5.41) is 6.75. The van der Waals surface area contributed by atoms with E-state index in [-0.39, 0.29) is 27.6 Å². The summed E-state index contributed by atoms with van der Waals surface area (Å²) in [5.74, 6) is -0.218. The molecule has 0 spiro atoms. The highest BCUT2D eigenvalue weighted by molar-refractivity contribution is 6.33. The van der Waals surface area contributed by atoms with Gasteiger partial charge in [0.2, 0.25) is 0 Å². The van der Waals surface area contributed by atoms with Crippen molar-refractivity contribution in [2.45, 2.75) is 20.3 Å². The van der Waals surface area contributed by atoms with Gasteiger partial charge in [0.15, 0.2) is 11.5 Å². The highest BCUT2D eigenvalue weighted by Crippen LogP contribution is 2.34. The molecule has 28 heavy (non-hydrogen) atoms. The van der Waals surface area contributed by atoms with Crippen LogP contribution in [0.4, 0.5) is 10.1 Å². The first-order valence-corrected chi connectivity index (χ1v) is 8.97. The molecule has 4 aromatic rings. The fourth-order valence-corrected chi connectivity index (χ4v) is 3.18. The smallest absolute Gasteiger partial charge is 0.261 e. The van der Waals surface area contributed by atoms with Gasteiger partial charge < -0.3 is 14.3 Å². The lowest BCUT2D eigenvalue weighted by molar-refractivity contribution is 0.102. The number of rotatable bonds is 4. The average molecular weight is 400 g/mol. The number of nitrogens with zero attached hydrogens (tertiary/aromatic N) is 2. The van der Waals surface area contributed by atoms with E-state index in [1.165, 1.54) is 18.2 Å². The standard InChI is InChI=1S/C20H15ClFN3O3/c1-3-16-24-14-9-11(7-8-15(14)27-16)23-20(26)17-10(2)28-25-19(17)18-12(21)5-4-6-13(18)22/h4-9H,3H2,1-2H3,(H,23,26). The number of hydrogen-bond acceptors (Lipinski definition) is 5. The van der Waals surface area contributed by atoms with E-state index in [0.29, 0.717) is 29.1 Å². The fraction of sp³-hybridized carbons (Fsp3) is 0.150. The zero-order valence-electron chi connectivity index (χ0n) is 15.0. The molecular formula is C20H15ClFN3O3. The molecule has 1 amide bonds. The maximum atomic E-state index is 14.3. The van der Waals surface area contributed by atoms with Crippen molar-refractivity contribution in [1.82, 2.24) is 10.1 Å². The van der Waals surface area contributed by atoms with Crippen LogP contribution in [0, 0.1) is 12.7 Å². The monoisotopic (exact) mass is 399 g/mol. The summed E-state index contributed by atoms with van der Waals surface area (Å²) in [6, 6.07) is 9.38. The molecule has 0 atom stereocenters. The molecule has 0 saturated carbocycles. The first-order chi connectivity index (χ1) is 13.5. The summed E-state index contributed by atoms with van der Waals surface area (Å²) in [5.41, 5.74) is 1.96. The summed E-state index contributed by atoms with van der Waals surface area (Å²) in [6.07, 6.45) is 0.670. The summed E-state index contributed by atoms with van der Waals surface area (Å²) in [6.45, 7) is 3.52. The number of aromatic nitrogens is 2. The second-order valence-corrected chi connectivity index (χ2v) is 6.56. The molecule has 142 valence electrons. The Kier molecular flexibility index (Phi) is 4.60. The van der Waals surface area contributed by atoms with Crippen molar-refractivity contribution in [2.24, 2.45) is 0 Å². The molecule has 0 saturated heterocycles. The van der Waals surface area contributed by atoms with Crippen LogP contribution in [0.5, 0.6) is 0 Å². The van der Waals surface area contributed by atoms with Crippen LogP contribution in [0.15, 0.2) is 45.3 Å². The Morgan fingerprint density at radius 1 is 1.29 bits per heavy atom. The number of halogens is 2. The van der Waals surface area contributed by atoms with Crippen LogP contribution in [0.25, 0.3) is 22.4 Å². The molecule has 0 unspecified atom stereocenters. The molecule has 0 aliphatic heterocycles. The third kappa shape index (κ3) is 3.14. The summed E-state index contributed by atoms with van der Waals surface area (Å²) < 4.78 is 25.0. The van der Waals surface area contributed by atoms with E-state index < -0.39 is 11.7 Å². The average Bonchev–Trinajstić information content (AvgIpc) is 3.24. The minimum absolute atomic E-state index is 0.0192. The minimum atomic E-state index is -0.592. The Morgan fingerprint density at radius 3 is 2.86 bits per heavy atom. The number of oxazole rings is 1. The molecule has 0 aliphatic carbocycles. The Balaban J connectivity index is 1.70. The molecular weight excluding hydrogens is 385 g/mol. The first-order valence-electron chi connectivity index (χ1n) is 8.59. The maximum absolute atomic E-state index is 14.3. The van der Waals surface area contributed by atoms with E-state index in [9.17, 15) is 9.18 Å². The third-order valence-electron chi connectivity index (χ3n) is 4.28. The molecule has 8 heteroatoms. The van der Waals surface area contributed by atoms with E-state index in [4.69, 9.17) is 20.5 Å². The summed E-state index contributed by atoms with van der Waals surface area (Å²) in [4.78, 5) is 17.2. The predicted molar refractivity (Wildman–Crippen MR) is 103 cm³/mol. The van der Waals surface area contributed by atoms with Crippen LogP contribution in [-0.4, -0.2) is 16.0 Å². The molecule has 2 aromatic heterocycles. The lowest BCUT2D eigenvalue weighted by Gasteiger charge is -2.07. The van der Waals surface area contributed by atoms with E-state index >= 15 is 0 Å². The Labute approximate surface area is 164 Å². The molecule has 6 nitrogen and oxygen atoms in total. The van der Waals surface area contributed by atoms with Crippen molar-refractivity contribution >= 4 is 34.3 Å². The first kappa shape index (κ1) is 18.2. The van der Waals surface area contributed by atoms with Gasteiger partial charge in [-0.3, -0.25) is 4.79 Å². The van der Waals surface area contributed by atoms with Gasteiger partial charge in [-0.05, 0) is 37.3 Å². The van der Waals surface area contributed by atoms with Crippen LogP contribution in [0.1, 0.15) is 28.9 Å². The molecule has 0 radical (unpaired) electrons. The largest absolute Gasteiger partial charge is 0.441 e. The third-order valence-corrected chi connectivity index (χ3v) is 4.60. The van der Waals surface area contributed by atoms with E-state index in [0.717, 1.165) is 0 Å². The highest BCUT2D eigenvalue weighted by Gasteiger charge is 2.25. The molecule has 4 rings (SSSR count). The second kappa shape index (κ2) is 7.09. The van der Waals surface area contributed by atoms with Crippen LogP contribution < -0.4 is 5.32 Å². The molecule has 1 N–H and O–H groups in total. The van der Waals surface area contributed by atoms with Gasteiger partial charge in [0.1, 0.15) is 28.4 Å². The molecule has 2 heterocycles. The number of aryl methyl sites for hydroxylation is 2. The lowest BCUT2D eigenvalue weighted by Crippen LogP contribution is -2.13. The maximum Gasteiger partial charge on any atom is 0.261 e. The number of amides is 1. The van der Waals surface area contributed by atoms with E-state index in [1.807, 2.05) is 6.92 Å². The van der Waals surface area contributed by atoms with Crippen molar-refractivity contribution in [2.75, 3.05) is 5.32 Å².